The van der Waals surface area contributed by atoms with E-state index in [-0.39, 0.29) is 11.6 Å². The maximum atomic E-state index is 12.5. The van der Waals surface area contributed by atoms with E-state index in [1.165, 1.54) is 0 Å². The van der Waals surface area contributed by atoms with E-state index < -0.39 is 17.8 Å². The van der Waals surface area contributed by atoms with Crippen LogP contribution in [0.25, 0.3) is 0 Å². The molecule has 1 aliphatic heterocycles. The molecule has 0 saturated carbocycles. The molecule has 7 heteroatoms. The largest absolute Gasteiger partial charge is 0.493 e. The van der Waals surface area contributed by atoms with Crippen LogP contribution in [-0.2, 0) is 19.0 Å². The molecule has 1 N–H and O–H groups in total. The zero-order valence-electron chi connectivity index (χ0n) is 13.6. The van der Waals surface area contributed by atoms with Gasteiger partial charge < -0.3 is 10.1 Å². The van der Waals surface area contributed by atoms with Gasteiger partial charge in [-0.25, -0.2) is 0 Å². The molecule has 2 aromatic rings. The van der Waals surface area contributed by atoms with Gasteiger partial charge in [0.1, 0.15) is 11.4 Å². The Morgan fingerprint density at radius 3 is 2.80 bits per heavy atom. The standard InChI is InChI=1S/C18H17F3N2O2/c1-11(8-12-2-4-15-13(9-12)6-7-25-15)23-17(24)14-3-5-16(22-10-14)18(19,20)21/h2-5,9-11H,6-8H2,1H3,(H,23,24). The summed E-state index contributed by atoms with van der Waals surface area (Å²) in [6.45, 7) is 2.53. The van der Waals surface area contributed by atoms with E-state index >= 15 is 0 Å². The molecule has 0 fully saturated rings. The van der Waals surface area contributed by atoms with Gasteiger partial charge in [0, 0.05) is 18.7 Å². The van der Waals surface area contributed by atoms with Gasteiger partial charge in [0.05, 0.1) is 12.2 Å². The van der Waals surface area contributed by atoms with E-state index in [1.807, 2.05) is 19.1 Å². The summed E-state index contributed by atoms with van der Waals surface area (Å²) in [5.74, 6) is 0.453. The smallest absolute Gasteiger partial charge is 0.433 e. The Hall–Kier alpha value is -2.57. The highest BCUT2D eigenvalue weighted by Gasteiger charge is 2.32. The first-order valence-electron chi connectivity index (χ1n) is 7.91. The first-order valence-corrected chi connectivity index (χ1v) is 7.91. The molecular formula is C18H17F3N2O2. The van der Waals surface area contributed by atoms with Gasteiger partial charge in [-0.1, -0.05) is 12.1 Å². The van der Waals surface area contributed by atoms with Crippen molar-refractivity contribution >= 4 is 5.91 Å². The van der Waals surface area contributed by atoms with Crippen LogP contribution in [0.2, 0.25) is 0 Å². The summed E-state index contributed by atoms with van der Waals surface area (Å²) >= 11 is 0. The Morgan fingerprint density at radius 2 is 2.12 bits per heavy atom. The molecule has 3 rings (SSSR count). The highest BCUT2D eigenvalue weighted by molar-refractivity contribution is 5.94. The predicted molar refractivity (Wildman–Crippen MR) is 85.5 cm³/mol. The summed E-state index contributed by atoms with van der Waals surface area (Å²) in [6.07, 6.45) is -2.08. The quantitative estimate of drug-likeness (QED) is 0.920. The minimum Gasteiger partial charge on any atom is -0.493 e. The number of hydrogen-bond acceptors (Lipinski definition) is 3. The fourth-order valence-corrected chi connectivity index (χ4v) is 2.77. The van der Waals surface area contributed by atoms with Crippen LogP contribution in [0.4, 0.5) is 13.2 Å². The Bertz CT molecular complexity index is 773. The number of hydrogen-bond donors (Lipinski definition) is 1. The number of rotatable bonds is 4. The average Bonchev–Trinajstić information content (AvgIpc) is 3.01. The van der Waals surface area contributed by atoms with E-state index in [0.717, 1.165) is 41.6 Å². The SMILES string of the molecule is CC(Cc1ccc2c(c1)CCO2)NC(=O)c1ccc(C(F)(F)F)nc1. The van der Waals surface area contributed by atoms with Crippen molar-refractivity contribution in [1.82, 2.24) is 10.3 Å². The molecule has 0 aliphatic carbocycles. The van der Waals surface area contributed by atoms with Crippen molar-refractivity contribution in [1.29, 1.82) is 0 Å². The third-order valence-corrected chi connectivity index (χ3v) is 3.99. The lowest BCUT2D eigenvalue weighted by Gasteiger charge is -2.15. The van der Waals surface area contributed by atoms with Gasteiger partial charge in [0.25, 0.3) is 5.91 Å². The van der Waals surface area contributed by atoms with Gasteiger partial charge in [0.2, 0.25) is 0 Å². The number of nitrogens with one attached hydrogen (secondary N) is 1. The van der Waals surface area contributed by atoms with E-state index in [0.29, 0.717) is 13.0 Å². The van der Waals surface area contributed by atoms with Gasteiger partial charge in [-0.05, 0) is 42.7 Å². The van der Waals surface area contributed by atoms with Gasteiger partial charge >= 0.3 is 6.18 Å². The molecule has 0 spiro atoms. The highest BCUT2D eigenvalue weighted by Crippen LogP contribution is 2.27. The molecule has 4 nitrogen and oxygen atoms in total. The number of nitrogens with zero attached hydrogens (tertiary/aromatic N) is 1. The topological polar surface area (TPSA) is 51.2 Å². The number of carbonyl (C=O) groups excluding carboxylic acids is 1. The number of carbonyl (C=O) groups is 1. The van der Waals surface area contributed by atoms with Crippen molar-refractivity contribution in [2.75, 3.05) is 6.61 Å². The zero-order chi connectivity index (χ0) is 18.0. The van der Waals surface area contributed by atoms with Gasteiger partial charge in [0.15, 0.2) is 0 Å². The van der Waals surface area contributed by atoms with Gasteiger partial charge in [-0.15, -0.1) is 0 Å². The van der Waals surface area contributed by atoms with Crippen LogP contribution in [0.1, 0.15) is 34.1 Å². The average molecular weight is 350 g/mol. The van der Waals surface area contributed by atoms with Crippen molar-refractivity contribution in [2.45, 2.75) is 32.0 Å². The number of halogens is 3. The second kappa shape index (κ2) is 6.74. The molecule has 0 saturated heterocycles. The molecule has 1 aliphatic rings. The number of pyridine rings is 1. The van der Waals surface area contributed by atoms with Crippen molar-refractivity contribution < 1.29 is 22.7 Å². The fourth-order valence-electron chi connectivity index (χ4n) is 2.77. The van der Waals surface area contributed by atoms with E-state index in [2.05, 4.69) is 16.4 Å². The first-order chi connectivity index (χ1) is 11.8. The van der Waals surface area contributed by atoms with Gasteiger partial charge in [-0.2, -0.15) is 13.2 Å². The van der Waals surface area contributed by atoms with Crippen molar-refractivity contribution in [3.8, 4) is 5.75 Å². The summed E-state index contributed by atoms with van der Waals surface area (Å²) in [7, 11) is 0. The van der Waals surface area contributed by atoms with Crippen LogP contribution in [0.3, 0.4) is 0 Å². The normalized spacial score (nSPS) is 14.6. The number of fused-ring (bicyclic) bond motifs is 1. The van der Waals surface area contributed by atoms with Crippen LogP contribution in [0, 0.1) is 0 Å². The van der Waals surface area contributed by atoms with Crippen LogP contribution >= 0.6 is 0 Å². The maximum absolute atomic E-state index is 12.5. The number of alkyl halides is 3. The summed E-state index contributed by atoms with van der Waals surface area (Å²) in [5, 5.41) is 2.78. The summed E-state index contributed by atoms with van der Waals surface area (Å²) in [5.41, 5.74) is 1.31. The summed E-state index contributed by atoms with van der Waals surface area (Å²) < 4.78 is 42.9. The minimum absolute atomic E-state index is 0.0993. The Morgan fingerprint density at radius 1 is 1.32 bits per heavy atom. The fraction of sp³-hybridized carbons (Fsp3) is 0.333. The number of aromatic nitrogens is 1. The minimum atomic E-state index is -4.51. The lowest BCUT2D eigenvalue weighted by molar-refractivity contribution is -0.141. The Labute approximate surface area is 143 Å². The molecule has 1 atom stereocenters. The predicted octanol–water partition coefficient (Wildman–Crippen LogP) is 3.40. The molecule has 1 unspecified atom stereocenters. The molecule has 2 heterocycles. The lowest BCUT2D eigenvalue weighted by Crippen LogP contribution is -2.34. The summed E-state index contributed by atoms with van der Waals surface area (Å²) in [4.78, 5) is 15.4. The number of amides is 1. The first kappa shape index (κ1) is 17.3. The van der Waals surface area contributed by atoms with E-state index in [4.69, 9.17) is 4.74 Å². The maximum Gasteiger partial charge on any atom is 0.433 e. The molecule has 0 bridgehead atoms. The van der Waals surface area contributed by atoms with Crippen LogP contribution < -0.4 is 10.1 Å². The molecule has 1 aromatic heterocycles. The number of benzene rings is 1. The molecule has 25 heavy (non-hydrogen) atoms. The number of ether oxygens (including phenoxy) is 1. The van der Waals surface area contributed by atoms with Crippen molar-refractivity contribution in [3.05, 3.63) is 58.9 Å². The molecule has 0 radical (unpaired) electrons. The van der Waals surface area contributed by atoms with Gasteiger partial charge in [-0.3, -0.25) is 9.78 Å². The third kappa shape index (κ3) is 4.10. The zero-order valence-corrected chi connectivity index (χ0v) is 13.6. The second-order valence-corrected chi connectivity index (χ2v) is 6.05. The molecule has 132 valence electrons. The van der Waals surface area contributed by atoms with Crippen LogP contribution in [0.15, 0.2) is 36.5 Å². The van der Waals surface area contributed by atoms with E-state index in [1.54, 1.807) is 0 Å². The van der Waals surface area contributed by atoms with Crippen molar-refractivity contribution in [2.24, 2.45) is 0 Å². The lowest BCUT2D eigenvalue weighted by atomic mass is 10.0. The van der Waals surface area contributed by atoms with Crippen molar-refractivity contribution in [3.63, 3.8) is 0 Å². The highest BCUT2D eigenvalue weighted by atomic mass is 19.4. The second-order valence-electron chi connectivity index (χ2n) is 6.05. The summed E-state index contributed by atoms with van der Waals surface area (Å²) in [6, 6.07) is 7.70. The van der Waals surface area contributed by atoms with Crippen LogP contribution in [-0.4, -0.2) is 23.5 Å². The monoisotopic (exact) mass is 350 g/mol. The third-order valence-electron chi connectivity index (χ3n) is 3.99. The Balaban J connectivity index is 1.60. The molecule has 1 aromatic carbocycles. The molecule has 1 amide bonds. The van der Waals surface area contributed by atoms with E-state index in [9.17, 15) is 18.0 Å². The van der Waals surface area contributed by atoms with Crippen LogP contribution in [0.5, 0.6) is 5.75 Å². The Kier molecular flexibility index (Phi) is 4.65. The molecular weight excluding hydrogens is 333 g/mol.